The first-order valence-corrected chi connectivity index (χ1v) is 7.67. The van der Waals surface area contributed by atoms with Crippen LogP contribution in [-0.2, 0) is 11.3 Å². The van der Waals surface area contributed by atoms with Crippen molar-refractivity contribution >= 4 is 22.8 Å². The molecule has 3 aromatic rings. The van der Waals surface area contributed by atoms with Crippen molar-refractivity contribution in [3.05, 3.63) is 35.9 Å². The Hall–Kier alpha value is -2.94. The van der Waals surface area contributed by atoms with Crippen LogP contribution >= 0.6 is 0 Å². The van der Waals surface area contributed by atoms with Crippen molar-refractivity contribution in [2.45, 2.75) is 6.54 Å². The molecular weight excluding hydrogens is 312 g/mol. The zero-order valence-corrected chi connectivity index (χ0v) is 12.9. The Bertz CT molecular complexity index is 852. The molecule has 0 aromatic carbocycles. The van der Waals surface area contributed by atoms with Crippen LogP contribution in [0.5, 0.6) is 0 Å². The van der Waals surface area contributed by atoms with Crippen molar-refractivity contribution in [1.82, 2.24) is 25.7 Å². The molecule has 1 saturated heterocycles. The van der Waals surface area contributed by atoms with Gasteiger partial charge in [-0.05, 0) is 12.1 Å². The first-order chi connectivity index (χ1) is 11.8. The molecule has 9 nitrogen and oxygen atoms in total. The predicted octanol–water partition coefficient (Wildman–Crippen LogP) is 0.712. The van der Waals surface area contributed by atoms with Gasteiger partial charge < -0.3 is 19.5 Å². The predicted molar refractivity (Wildman–Crippen MR) is 84.6 cm³/mol. The molecule has 0 bridgehead atoms. The van der Waals surface area contributed by atoms with E-state index in [1.54, 1.807) is 12.3 Å². The van der Waals surface area contributed by atoms with Crippen LogP contribution in [0.4, 0.5) is 5.82 Å². The average molecular weight is 328 g/mol. The summed E-state index contributed by atoms with van der Waals surface area (Å²) in [7, 11) is 0. The van der Waals surface area contributed by atoms with Gasteiger partial charge in [0, 0.05) is 30.7 Å². The average Bonchev–Trinajstić information content (AvgIpc) is 3.28. The van der Waals surface area contributed by atoms with Gasteiger partial charge in [-0.25, -0.2) is 4.98 Å². The smallest absolute Gasteiger partial charge is 0.290 e. The number of ether oxygens (including phenoxy) is 1. The van der Waals surface area contributed by atoms with E-state index in [1.165, 1.54) is 0 Å². The summed E-state index contributed by atoms with van der Waals surface area (Å²) in [4.78, 5) is 18.4. The maximum atomic E-state index is 12.2. The number of pyridine rings is 1. The van der Waals surface area contributed by atoms with Crippen molar-refractivity contribution in [3.8, 4) is 0 Å². The Labute approximate surface area is 137 Å². The van der Waals surface area contributed by atoms with E-state index in [-0.39, 0.29) is 11.7 Å². The van der Waals surface area contributed by atoms with Gasteiger partial charge in [0.2, 0.25) is 5.76 Å². The monoisotopic (exact) mass is 328 g/mol. The number of hydrogen-bond donors (Lipinski definition) is 2. The third-order valence-corrected chi connectivity index (χ3v) is 3.89. The van der Waals surface area contributed by atoms with Gasteiger partial charge in [-0.3, -0.25) is 9.89 Å². The normalized spacial score (nSPS) is 14.9. The fourth-order valence-electron chi connectivity index (χ4n) is 2.61. The van der Waals surface area contributed by atoms with Crippen LogP contribution in [-0.4, -0.2) is 52.5 Å². The molecule has 1 amide bonds. The lowest BCUT2D eigenvalue weighted by atomic mass is 10.2. The highest BCUT2D eigenvalue weighted by atomic mass is 16.5. The molecule has 1 aliphatic rings. The molecule has 124 valence electrons. The van der Waals surface area contributed by atoms with Crippen LogP contribution in [0.15, 0.2) is 28.9 Å². The van der Waals surface area contributed by atoms with E-state index in [9.17, 15) is 4.79 Å². The second kappa shape index (κ2) is 6.28. The summed E-state index contributed by atoms with van der Waals surface area (Å²) >= 11 is 0. The standard InChI is InChI=1S/C15H16N6O3/c22-15(12-8-13(20-24-12)21-4-6-23-7-5-21)17-9-11-10-2-1-3-16-14(10)19-18-11/h1-3,8H,4-7,9H2,(H,17,22)(H,16,18,19). The summed E-state index contributed by atoms with van der Waals surface area (Å²) in [5.41, 5.74) is 1.41. The van der Waals surface area contributed by atoms with Crippen molar-refractivity contribution in [3.63, 3.8) is 0 Å². The number of hydrogen-bond acceptors (Lipinski definition) is 7. The fourth-order valence-corrected chi connectivity index (χ4v) is 2.61. The van der Waals surface area contributed by atoms with E-state index in [1.807, 2.05) is 17.0 Å². The highest BCUT2D eigenvalue weighted by Gasteiger charge is 2.19. The Morgan fingerprint density at radius 2 is 2.25 bits per heavy atom. The number of aromatic nitrogens is 4. The van der Waals surface area contributed by atoms with E-state index in [0.29, 0.717) is 31.2 Å². The van der Waals surface area contributed by atoms with Gasteiger partial charge >= 0.3 is 0 Å². The summed E-state index contributed by atoms with van der Waals surface area (Å²) < 4.78 is 10.5. The third kappa shape index (κ3) is 2.81. The van der Waals surface area contributed by atoms with Crippen molar-refractivity contribution in [2.24, 2.45) is 0 Å². The Morgan fingerprint density at radius 3 is 3.12 bits per heavy atom. The Morgan fingerprint density at radius 1 is 1.38 bits per heavy atom. The quantitative estimate of drug-likeness (QED) is 0.726. The zero-order valence-electron chi connectivity index (χ0n) is 12.9. The van der Waals surface area contributed by atoms with E-state index in [0.717, 1.165) is 24.2 Å². The zero-order chi connectivity index (χ0) is 16.4. The van der Waals surface area contributed by atoms with Crippen LogP contribution in [0.2, 0.25) is 0 Å². The molecule has 0 unspecified atom stereocenters. The molecule has 4 rings (SSSR count). The molecule has 0 spiro atoms. The van der Waals surface area contributed by atoms with Crippen molar-refractivity contribution in [1.29, 1.82) is 0 Å². The number of rotatable bonds is 4. The molecule has 1 aliphatic heterocycles. The van der Waals surface area contributed by atoms with Gasteiger partial charge in [0.15, 0.2) is 11.5 Å². The molecule has 0 atom stereocenters. The third-order valence-electron chi connectivity index (χ3n) is 3.89. The van der Waals surface area contributed by atoms with Crippen LogP contribution in [0.25, 0.3) is 11.0 Å². The molecule has 0 saturated carbocycles. The van der Waals surface area contributed by atoms with Crippen LogP contribution < -0.4 is 10.2 Å². The number of anilines is 1. The largest absolute Gasteiger partial charge is 0.378 e. The van der Waals surface area contributed by atoms with Gasteiger partial charge in [0.25, 0.3) is 5.91 Å². The van der Waals surface area contributed by atoms with E-state index in [4.69, 9.17) is 9.26 Å². The lowest BCUT2D eigenvalue weighted by molar-refractivity contribution is 0.0913. The first kappa shape index (κ1) is 14.6. The molecule has 0 aliphatic carbocycles. The summed E-state index contributed by atoms with van der Waals surface area (Å²) in [5.74, 6) is 0.506. The topological polar surface area (TPSA) is 109 Å². The number of amides is 1. The Balaban J connectivity index is 1.42. The molecule has 0 radical (unpaired) electrons. The second-order valence-corrected chi connectivity index (χ2v) is 5.41. The molecular formula is C15H16N6O3. The number of H-pyrrole nitrogens is 1. The molecule has 4 heterocycles. The van der Waals surface area contributed by atoms with Gasteiger partial charge in [-0.15, -0.1) is 0 Å². The number of fused-ring (bicyclic) bond motifs is 1. The molecule has 9 heteroatoms. The maximum Gasteiger partial charge on any atom is 0.290 e. The van der Waals surface area contributed by atoms with Gasteiger partial charge in [0.1, 0.15) is 0 Å². The van der Waals surface area contributed by atoms with Gasteiger partial charge in [-0.1, -0.05) is 5.16 Å². The number of aromatic amines is 1. The summed E-state index contributed by atoms with van der Waals surface area (Å²) in [6, 6.07) is 5.37. The lowest BCUT2D eigenvalue weighted by Crippen LogP contribution is -2.36. The van der Waals surface area contributed by atoms with Crippen molar-refractivity contribution in [2.75, 3.05) is 31.2 Å². The second-order valence-electron chi connectivity index (χ2n) is 5.41. The van der Waals surface area contributed by atoms with Crippen molar-refractivity contribution < 1.29 is 14.1 Å². The lowest BCUT2D eigenvalue weighted by Gasteiger charge is -2.25. The molecule has 2 N–H and O–H groups in total. The minimum atomic E-state index is -0.325. The van der Waals surface area contributed by atoms with E-state index in [2.05, 4.69) is 25.7 Å². The minimum Gasteiger partial charge on any atom is -0.378 e. The summed E-state index contributed by atoms with van der Waals surface area (Å²) in [6.45, 7) is 3.07. The number of nitrogens with zero attached hydrogens (tertiary/aromatic N) is 4. The SMILES string of the molecule is O=C(NCc1[nH]nc2ncccc12)c1cc(N2CCOCC2)no1. The van der Waals surface area contributed by atoms with Crippen LogP contribution in [0.1, 0.15) is 16.2 Å². The minimum absolute atomic E-state index is 0.179. The van der Waals surface area contributed by atoms with Gasteiger partial charge in [0.05, 0.1) is 25.5 Å². The summed E-state index contributed by atoms with van der Waals surface area (Å²) in [6.07, 6.45) is 1.67. The van der Waals surface area contributed by atoms with E-state index >= 15 is 0 Å². The maximum absolute atomic E-state index is 12.2. The number of nitrogens with one attached hydrogen (secondary N) is 2. The van der Waals surface area contributed by atoms with Crippen LogP contribution in [0, 0.1) is 0 Å². The highest BCUT2D eigenvalue weighted by Crippen LogP contribution is 2.16. The first-order valence-electron chi connectivity index (χ1n) is 7.67. The fraction of sp³-hybridized carbons (Fsp3) is 0.333. The van der Waals surface area contributed by atoms with Crippen LogP contribution in [0.3, 0.4) is 0 Å². The van der Waals surface area contributed by atoms with E-state index < -0.39 is 0 Å². The highest BCUT2D eigenvalue weighted by molar-refractivity contribution is 5.92. The molecule has 3 aromatic heterocycles. The Kier molecular flexibility index (Phi) is 3.83. The molecule has 1 fully saturated rings. The number of morpholine rings is 1. The molecule has 24 heavy (non-hydrogen) atoms. The number of carbonyl (C=O) groups is 1. The number of carbonyl (C=O) groups excluding carboxylic acids is 1. The summed E-state index contributed by atoms with van der Waals surface area (Å²) in [5, 5.41) is 14.6. The van der Waals surface area contributed by atoms with Gasteiger partial charge in [-0.2, -0.15) is 5.10 Å².